The maximum absolute atomic E-state index is 11.3. The molecule has 1 unspecified atom stereocenters. The van der Waals surface area contributed by atoms with Gasteiger partial charge >= 0.3 is 5.97 Å². The van der Waals surface area contributed by atoms with Gasteiger partial charge in [0.25, 0.3) is 0 Å². The van der Waals surface area contributed by atoms with Gasteiger partial charge in [0.2, 0.25) is 0 Å². The first-order valence-corrected chi connectivity index (χ1v) is 6.56. The van der Waals surface area contributed by atoms with Crippen molar-refractivity contribution in [1.82, 2.24) is 5.32 Å². The van der Waals surface area contributed by atoms with E-state index < -0.39 is 11.5 Å². The monoisotopic (exact) mass is 247 g/mol. The van der Waals surface area contributed by atoms with Crippen LogP contribution in [-0.4, -0.2) is 23.2 Å². The van der Waals surface area contributed by atoms with Crippen molar-refractivity contribution in [2.75, 3.05) is 6.54 Å². The molecule has 1 atom stereocenters. The lowest BCUT2D eigenvalue weighted by Crippen LogP contribution is -2.52. The largest absolute Gasteiger partial charge is 0.480 e. The quantitative estimate of drug-likeness (QED) is 0.811. The van der Waals surface area contributed by atoms with Crippen molar-refractivity contribution in [3.63, 3.8) is 0 Å². The number of carboxylic acid groups (broad SMARTS) is 1. The summed E-state index contributed by atoms with van der Waals surface area (Å²) in [5.74, 6) is -0.429. The van der Waals surface area contributed by atoms with E-state index in [1.54, 1.807) is 0 Å². The third-order valence-corrected chi connectivity index (χ3v) is 3.83. The summed E-state index contributed by atoms with van der Waals surface area (Å²) in [7, 11) is 0. The molecule has 18 heavy (non-hydrogen) atoms. The van der Waals surface area contributed by atoms with E-state index in [0.29, 0.717) is 12.5 Å². The molecule has 2 N–H and O–H groups in total. The molecule has 0 amide bonds. The van der Waals surface area contributed by atoms with Gasteiger partial charge in [-0.15, -0.1) is 0 Å². The summed E-state index contributed by atoms with van der Waals surface area (Å²) in [6.07, 6.45) is 2.93. The molecule has 1 aromatic rings. The van der Waals surface area contributed by atoms with Crippen LogP contribution in [0.5, 0.6) is 0 Å². The van der Waals surface area contributed by atoms with Crippen molar-refractivity contribution >= 4 is 5.97 Å². The van der Waals surface area contributed by atoms with Crippen LogP contribution in [0, 0.1) is 12.8 Å². The third kappa shape index (κ3) is 2.91. The van der Waals surface area contributed by atoms with Crippen LogP contribution in [0.15, 0.2) is 24.3 Å². The topological polar surface area (TPSA) is 49.3 Å². The molecule has 0 bridgehead atoms. The molecule has 0 heterocycles. The zero-order chi connectivity index (χ0) is 13.2. The number of carbonyl (C=O) groups is 1. The van der Waals surface area contributed by atoms with E-state index >= 15 is 0 Å². The van der Waals surface area contributed by atoms with Gasteiger partial charge in [-0.1, -0.05) is 29.8 Å². The minimum atomic E-state index is -0.746. The second-order valence-corrected chi connectivity index (χ2v) is 5.45. The first-order chi connectivity index (χ1) is 8.52. The fourth-order valence-electron chi connectivity index (χ4n) is 2.39. The summed E-state index contributed by atoms with van der Waals surface area (Å²) in [5.41, 5.74) is 1.76. The number of benzene rings is 1. The first kappa shape index (κ1) is 13.1. The van der Waals surface area contributed by atoms with Gasteiger partial charge in [-0.2, -0.15) is 0 Å². The summed E-state index contributed by atoms with van der Waals surface area (Å²) in [6, 6.07) is 8.35. The van der Waals surface area contributed by atoms with Gasteiger partial charge in [0.15, 0.2) is 0 Å². The molecule has 3 nitrogen and oxygen atoms in total. The van der Waals surface area contributed by atoms with Crippen LogP contribution in [0.25, 0.3) is 0 Å². The van der Waals surface area contributed by atoms with Crippen molar-refractivity contribution in [2.45, 2.75) is 38.6 Å². The Morgan fingerprint density at radius 2 is 2.22 bits per heavy atom. The lowest BCUT2D eigenvalue weighted by molar-refractivity contribution is -0.145. The zero-order valence-electron chi connectivity index (χ0n) is 11.1. The van der Waals surface area contributed by atoms with Gasteiger partial charge in [-0.05, 0) is 44.6 Å². The van der Waals surface area contributed by atoms with Crippen molar-refractivity contribution in [3.05, 3.63) is 35.4 Å². The molecule has 0 aliphatic heterocycles. The van der Waals surface area contributed by atoms with Gasteiger partial charge in [0, 0.05) is 6.54 Å². The van der Waals surface area contributed by atoms with E-state index in [1.807, 2.05) is 13.0 Å². The predicted octanol–water partition coefficient (Wildman–Crippen LogP) is 2.38. The Labute approximate surface area is 108 Å². The average molecular weight is 247 g/mol. The fourth-order valence-corrected chi connectivity index (χ4v) is 2.39. The van der Waals surface area contributed by atoms with Gasteiger partial charge in [0.05, 0.1) is 0 Å². The standard InChI is InChI=1S/C15H21NO2/c1-11-4-3-5-12(10-11)8-9-16-15(2,14(17)18)13-6-7-13/h3-5,10,13,16H,6-9H2,1-2H3,(H,17,18). The average Bonchev–Trinajstić information content (AvgIpc) is 3.12. The molecule has 0 aromatic heterocycles. The van der Waals surface area contributed by atoms with Crippen LogP contribution in [0.1, 0.15) is 30.9 Å². The Hall–Kier alpha value is -1.35. The van der Waals surface area contributed by atoms with E-state index in [9.17, 15) is 9.90 Å². The van der Waals surface area contributed by atoms with Crippen molar-refractivity contribution in [1.29, 1.82) is 0 Å². The second kappa shape index (κ2) is 5.11. The number of hydrogen-bond acceptors (Lipinski definition) is 2. The van der Waals surface area contributed by atoms with E-state index in [0.717, 1.165) is 19.3 Å². The van der Waals surface area contributed by atoms with Crippen LogP contribution in [-0.2, 0) is 11.2 Å². The SMILES string of the molecule is Cc1cccc(CCNC(C)(C(=O)O)C2CC2)c1. The third-order valence-electron chi connectivity index (χ3n) is 3.83. The Bertz CT molecular complexity index is 440. The lowest BCUT2D eigenvalue weighted by atomic mass is 9.95. The molecular weight excluding hydrogens is 226 g/mol. The van der Waals surface area contributed by atoms with Gasteiger partial charge in [0.1, 0.15) is 5.54 Å². The molecule has 0 radical (unpaired) electrons. The van der Waals surface area contributed by atoms with Crippen LogP contribution in [0.2, 0.25) is 0 Å². The highest BCUT2D eigenvalue weighted by atomic mass is 16.4. The molecular formula is C15H21NO2. The van der Waals surface area contributed by atoms with Gasteiger partial charge in [-0.25, -0.2) is 0 Å². The number of rotatable bonds is 6. The van der Waals surface area contributed by atoms with Crippen LogP contribution in [0.4, 0.5) is 0 Å². The second-order valence-electron chi connectivity index (χ2n) is 5.45. The zero-order valence-corrected chi connectivity index (χ0v) is 11.1. The fraction of sp³-hybridized carbons (Fsp3) is 0.533. The van der Waals surface area contributed by atoms with E-state index in [4.69, 9.17) is 0 Å². The minimum Gasteiger partial charge on any atom is -0.480 e. The number of nitrogens with one attached hydrogen (secondary N) is 1. The summed E-state index contributed by atoms with van der Waals surface area (Å²) in [4.78, 5) is 11.3. The maximum atomic E-state index is 11.3. The van der Waals surface area contributed by atoms with Gasteiger partial charge in [-0.3, -0.25) is 4.79 Å². The van der Waals surface area contributed by atoms with E-state index in [2.05, 4.69) is 30.4 Å². The molecule has 1 aliphatic carbocycles. The molecule has 1 saturated carbocycles. The summed E-state index contributed by atoms with van der Waals surface area (Å²) >= 11 is 0. The smallest absolute Gasteiger partial charge is 0.323 e. The van der Waals surface area contributed by atoms with E-state index in [1.165, 1.54) is 11.1 Å². The molecule has 98 valence electrons. The Morgan fingerprint density at radius 3 is 2.78 bits per heavy atom. The van der Waals surface area contributed by atoms with E-state index in [-0.39, 0.29) is 0 Å². The maximum Gasteiger partial charge on any atom is 0.323 e. The minimum absolute atomic E-state index is 0.299. The molecule has 0 saturated heterocycles. The highest BCUT2D eigenvalue weighted by molar-refractivity contribution is 5.79. The van der Waals surface area contributed by atoms with Crippen molar-refractivity contribution in [3.8, 4) is 0 Å². The molecule has 1 aliphatic rings. The number of aryl methyl sites for hydroxylation is 1. The van der Waals surface area contributed by atoms with Crippen LogP contribution < -0.4 is 5.32 Å². The first-order valence-electron chi connectivity index (χ1n) is 6.56. The summed E-state index contributed by atoms with van der Waals surface area (Å²) in [6.45, 7) is 4.59. The number of hydrogen-bond donors (Lipinski definition) is 2. The highest BCUT2D eigenvalue weighted by Crippen LogP contribution is 2.39. The summed E-state index contributed by atoms with van der Waals surface area (Å²) in [5, 5.41) is 12.5. The molecule has 3 heteroatoms. The van der Waals surface area contributed by atoms with Gasteiger partial charge < -0.3 is 10.4 Å². The summed E-state index contributed by atoms with van der Waals surface area (Å²) < 4.78 is 0. The molecule has 2 rings (SSSR count). The highest BCUT2D eigenvalue weighted by Gasteiger charge is 2.46. The molecule has 0 spiro atoms. The Balaban J connectivity index is 1.89. The predicted molar refractivity (Wildman–Crippen MR) is 71.7 cm³/mol. The van der Waals surface area contributed by atoms with Crippen LogP contribution >= 0.6 is 0 Å². The van der Waals surface area contributed by atoms with Crippen molar-refractivity contribution < 1.29 is 9.90 Å². The van der Waals surface area contributed by atoms with Crippen LogP contribution in [0.3, 0.4) is 0 Å². The molecule has 1 aromatic carbocycles. The Kier molecular flexibility index (Phi) is 3.71. The number of carboxylic acids is 1. The number of aliphatic carboxylic acids is 1. The normalized spacial score (nSPS) is 18.3. The molecule has 1 fully saturated rings. The Morgan fingerprint density at radius 1 is 1.50 bits per heavy atom. The van der Waals surface area contributed by atoms with Crippen molar-refractivity contribution in [2.24, 2.45) is 5.92 Å². The lowest BCUT2D eigenvalue weighted by Gasteiger charge is -2.26.